The van der Waals surface area contributed by atoms with E-state index in [-0.39, 0.29) is 5.60 Å². The zero-order valence-electron chi connectivity index (χ0n) is 16.2. The van der Waals surface area contributed by atoms with Gasteiger partial charge in [0.05, 0.1) is 26.5 Å². The number of nitrogens with one attached hydrogen (secondary N) is 1. The van der Waals surface area contributed by atoms with Crippen molar-refractivity contribution < 1.29 is 14.2 Å². The van der Waals surface area contributed by atoms with Crippen molar-refractivity contribution in [2.45, 2.75) is 24.9 Å². The van der Waals surface area contributed by atoms with Crippen LogP contribution in [0.2, 0.25) is 0 Å². The van der Waals surface area contributed by atoms with Crippen LogP contribution in [-0.4, -0.2) is 48.9 Å². The lowest BCUT2D eigenvalue weighted by atomic mass is 9.83. The average molecular weight is 380 g/mol. The summed E-state index contributed by atoms with van der Waals surface area (Å²) in [5.41, 5.74) is 3.63. The number of benzene rings is 1. The summed E-state index contributed by atoms with van der Waals surface area (Å²) < 4.78 is 16.9. The Morgan fingerprint density at radius 2 is 1.93 bits per heavy atom. The first-order valence-corrected chi connectivity index (χ1v) is 9.68. The van der Waals surface area contributed by atoms with Crippen molar-refractivity contribution in [3.05, 3.63) is 41.6 Å². The smallest absolute Gasteiger partial charge is 0.321 e. The number of hydrogen-bond donors (Lipinski definition) is 1. The van der Waals surface area contributed by atoms with Gasteiger partial charge < -0.3 is 24.1 Å². The summed E-state index contributed by atoms with van der Waals surface area (Å²) in [6.45, 7) is 2.46. The molecule has 3 aromatic rings. The van der Waals surface area contributed by atoms with Crippen LogP contribution in [0, 0.1) is 0 Å². The Balaban J connectivity index is 1.44. The largest absolute Gasteiger partial charge is 0.481 e. The predicted molar refractivity (Wildman–Crippen MR) is 106 cm³/mol. The van der Waals surface area contributed by atoms with E-state index in [1.807, 2.05) is 6.07 Å². The van der Waals surface area contributed by atoms with E-state index in [0.29, 0.717) is 11.9 Å². The van der Waals surface area contributed by atoms with Crippen LogP contribution in [0.25, 0.3) is 10.9 Å². The van der Waals surface area contributed by atoms with Crippen molar-refractivity contribution in [2.75, 3.05) is 38.8 Å². The molecule has 4 heterocycles. The second-order valence-electron chi connectivity index (χ2n) is 7.36. The standard InChI is InChI=1S/C21H24N4O3/c1-26-18-13-17(23-20(24-18)27-2)25-10-8-21(9-11-25)19-15(7-12-28-21)14-5-3-4-6-16(14)22-19/h3-6,13,22H,7-12H2,1-2H3. The number of ether oxygens (including phenoxy) is 3. The number of fused-ring (bicyclic) bond motifs is 4. The van der Waals surface area contributed by atoms with Crippen LogP contribution in [-0.2, 0) is 16.8 Å². The molecule has 0 aliphatic carbocycles. The van der Waals surface area contributed by atoms with Crippen molar-refractivity contribution in [1.82, 2.24) is 15.0 Å². The molecule has 0 unspecified atom stereocenters. The molecule has 0 atom stereocenters. The van der Waals surface area contributed by atoms with E-state index in [2.05, 4.69) is 44.1 Å². The van der Waals surface area contributed by atoms with E-state index in [4.69, 9.17) is 14.2 Å². The third-order valence-electron chi connectivity index (χ3n) is 5.96. The van der Waals surface area contributed by atoms with Crippen LogP contribution in [0.5, 0.6) is 11.9 Å². The molecule has 0 radical (unpaired) electrons. The van der Waals surface area contributed by atoms with Gasteiger partial charge in [-0.15, -0.1) is 0 Å². The monoisotopic (exact) mass is 380 g/mol. The maximum absolute atomic E-state index is 6.40. The molecular weight excluding hydrogens is 356 g/mol. The summed E-state index contributed by atoms with van der Waals surface area (Å²) in [4.78, 5) is 14.6. The second kappa shape index (κ2) is 6.67. The maximum Gasteiger partial charge on any atom is 0.321 e. The van der Waals surface area contributed by atoms with Gasteiger partial charge in [-0.05, 0) is 30.9 Å². The van der Waals surface area contributed by atoms with Gasteiger partial charge in [0.25, 0.3) is 0 Å². The van der Waals surface area contributed by atoms with Crippen molar-refractivity contribution in [3.8, 4) is 11.9 Å². The molecule has 7 heteroatoms. The highest BCUT2D eigenvalue weighted by atomic mass is 16.5. The first-order chi connectivity index (χ1) is 13.7. The molecule has 2 aliphatic heterocycles. The van der Waals surface area contributed by atoms with Crippen LogP contribution < -0.4 is 14.4 Å². The van der Waals surface area contributed by atoms with Crippen LogP contribution in [0.4, 0.5) is 5.82 Å². The molecule has 1 N–H and O–H groups in total. The van der Waals surface area contributed by atoms with Gasteiger partial charge in [-0.1, -0.05) is 18.2 Å². The highest BCUT2D eigenvalue weighted by Gasteiger charge is 2.43. The van der Waals surface area contributed by atoms with Gasteiger partial charge in [0, 0.05) is 30.1 Å². The summed E-state index contributed by atoms with van der Waals surface area (Å²) in [7, 11) is 3.17. The number of methoxy groups -OCH3 is 2. The Labute approximate surface area is 163 Å². The third-order valence-corrected chi connectivity index (χ3v) is 5.96. The zero-order valence-corrected chi connectivity index (χ0v) is 16.2. The highest BCUT2D eigenvalue weighted by Crippen LogP contribution is 2.44. The number of aromatic amines is 1. The van der Waals surface area contributed by atoms with E-state index < -0.39 is 0 Å². The molecule has 2 aromatic heterocycles. The second-order valence-corrected chi connectivity index (χ2v) is 7.36. The number of H-pyrrole nitrogens is 1. The number of rotatable bonds is 3. The number of nitrogens with zero attached hydrogens (tertiary/aromatic N) is 3. The van der Waals surface area contributed by atoms with Crippen LogP contribution in [0.3, 0.4) is 0 Å². The number of anilines is 1. The summed E-state index contributed by atoms with van der Waals surface area (Å²) in [6.07, 6.45) is 2.77. The molecule has 146 valence electrons. The van der Waals surface area contributed by atoms with Crippen LogP contribution >= 0.6 is 0 Å². The molecule has 1 fully saturated rings. The summed E-state index contributed by atoms with van der Waals surface area (Å²) in [6, 6.07) is 10.7. The Morgan fingerprint density at radius 1 is 1.11 bits per heavy atom. The lowest BCUT2D eigenvalue weighted by molar-refractivity contribution is -0.0791. The predicted octanol–water partition coefficient (Wildman–Crippen LogP) is 3.04. The molecule has 1 spiro atoms. The Morgan fingerprint density at radius 3 is 2.71 bits per heavy atom. The molecule has 0 bridgehead atoms. The van der Waals surface area contributed by atoms with Crippen molar-refractivity contribution in [3.63, 3.8) is 0 Å². The molecule has 7 nitrogen and oxygen atoms in total. The van der Waals surface area contributed by atoms with Gasteiger partial charge in [-0.25, -0.2) is 0 Å². The SMILES string of the molecule is COc1cc(N2CCC3(CC2)OCCc2c3[nH]c3ccccc23)nc(OC)n1. The fourth-order valence-corrected chi connectivity index (χ4v) is 4.51. The quantitative estimate of drug-likeness (QED) is 0.753. The Bertz CT molecular complexity index is 986. The van der Waals surface area contributed by atoms with E-state index in [9.17, 15) is 0 Å². The molecule has 0 saturated carbocycles. The normalized spacial score (nSPS) is 18.3. The molecular formula is C21H24N4O3. The van der Waals surface area contributed by atoms with Crippen molar-refractivity contribution in [1.29, 1.82) is 0 Å². The summed E-state index contributed by atoms with van der Waals surface area (Å²) >= 11 is 0. The van der Waals surface area contributed by atoms with Gasteiger partial charge in [-0.2, -0.15) is 9.97 Å². The van der Waals surface area contributed by atoms with Gasteiger partial charge >= 0.3 is 6.01 Å². The minimum Gasteiger partial charge on any atom is -0.481 e. The zero-order chi connectivity index (χ0) is 19.1. The maximum atomic E-state index is 6.40. The molecule has 5 rings (SSSR count). The minimum atomic E-state index is -0.246. The van der Waals surface area contributed by atoms with E-state index in [0.717, 1.165) is 44.8 Å². The lowest BCUT2D eigenvalue weighted by Crippen LogP contribution is -2.47. The minimum absolute atomic E-state index is 0.246. The Kier molecular flexibility index (Phi) is 4.12. The van der Waals surface area contributed by atoms with Crippen LogP contribution in [0.15, 0.2) is 30.3 Å². The van der Waals surface area contributed by atoms with E-state index in [1.165, 1.54) is 22.2 Å². The highest BCUT2D eigenvalue weighted by molar-refractivity contribution is 5.85. The van der Waals surface area contributed by atoms with Crippen molar-refractivity contribution >= 4 is 16.7 Å². The topological polar surface area (TPSA) is 72.5 Å². The summed E-state index contributed by atoms with van der Waals surface area (Å²) in [5, 5.41) is 1.33. The van der Waals surface area contributed by atoms with Gasteiger partial charge in [0.2, 0.25) is 5.88 Å². The van der Waals surface area contributed by atoms with Crippen molar-refractivity contribution in [2.24, 2.45) is 0 Å². The first kappa shape index (κ1) is 17.3. The average Bonchev–Trinajstić information content (AvgIpc) is 3.14. The van der Waals surface area contributed by atoms with Gasteiger partial charge in [0.1, 0.15) is 11.4 Å². The number of hydrogen-bond acceptors (Lipinski definition) is 6. The lowest BCUT2D eigenvalue weighted by Gasteiger charge is -2.44. The molecule has 28 heavy (non-hydrogen) atoms. The fourth-order valence-electron chi connectivity index (χ4n) is 4.51. The summed E-state index contributed by atoms with van der Waals surface area (Å²) in [5.74, 6) is 1.33. The molecule has 0 amide bonds. The number of piperidine rings is 1. The van der Waals surface area contributed by atoms with E-state index >= 15 is 0 Å². The number of aromatic nitrogens is 3. The van der Waals surface area contributed by atoms with E-state index in [1.54, 1.807) is 14.2 Å². The molecule has 1 aromatic carbocycles. The Hall–Kier alpha value is -2.80. The fraction of sp³-hybridized carbons (Fsp3) is 0.429. The molecule has 1 saturated heterocycles. The first-order valence-electron chi connectivity index (χ1n) is 9.68. The van der Waals surface area contributed by atoms with Gasteiger partial charge in [-0.3, -0.25) is 0 Å². The molecule has 2 aliphatic rings. The van der Waals surface area contributed by atoms with Crippen LogP contribution in [0.1, 0.15) is 24.1 Å². The number of para-hydroxylation sites is 1. The third kappa shape index (κ3) is 2.69. The van der Waals surface area contributed by atoms with Gasteiger partial charge in [0.15, 0.2) is 0 Å².